The first kappa shape index (κ1) is 21.1. The molecule has 0 fully saturated rings. The minimum atomic E-state index is -0.564. The van der Waals surface area contributed by atoms with Crippen molar-refractivity contribution in [1.82, 2.24) is 4.90 Å². The summed E-state index contributed by atoms with van der Waals surface area (Å²) in [5.41, 5.74) is 0.597. The third kappa shape index (κ3) is 5.90. The summed E-state index contributed by atoms with van der Waals surface area (Å²) < 4.78 is 13.2. The van der Waals surface area contributed by atoms with Gasteiger partial charge < -0.3 is 15.5 Å². The van der Waals surface area contributed by atoms with Crippen molar-refractivity contribution >= 4 is 29.1 Å². The molecule has 0 radical (unpaired) electrons. The fourth-order valence-electron chi connectivity index (χ4n) is 2.32. The number of carbonyl (C=O) groups excluding carboxylic acids is 3. The minimum absolute atomic E-state index is 0.167. The second kappa shape index (κ2) is 8.65. The summed E-state index contributed by atoms with van der Waals surface area (Å²) in [6.45, 7) is 5.18. The number of hydrogen-bond acceptors (Lipinski definition) is 3. The maximum absolute atomic E-state index is 13.2. The van der Waals surface area contributed by atoms with Gasteiger partial charge >= 0.3 is 0 Å². The highest BCUT2D eigenvalue weighted by atomic mass is 19.1. The Morgan fingerprint density at radius 3 is 2.18 bits per heavy atom. The molecule has 2 rings (SSSR count). The Bertz CT molecular complexity index is 890. The predicted octanol–water partition coefficient (Wildman–Crippen LogP) is 3.52. The third-order valence-electron chi connectivity index (χ3n) is 3.88. The van der Waals surface area contributed by atoms with E-state index in [9.17, 15) is 18.8 Å². The standard InChI is InChI=1S/C21H24FN3O3/c1-21(2,3)20(28)24-16-9-5-7-14(11-16)19(27)25(4)13-18(26)23-17-10-6-8-15(22)12-17/h5-12H,13H2,1-4H3,(H,23,26)(H,24,28). The maximum atomic E-state index is 13.2. The van der Waals surface area contributed by atoms with E-state index in [1.165, 1.54) is 30.1 Å². The molecule has 0 bridgehead atoms. The van der Waals surface area contributed by atoms with Crippen LogP contribution in [0.2, 0.25) is 0 Å². The van der Waals surface area contributed by atoms with Crippen LogP contribution in [0.4, 0.5) is 15.8 Å². The van der Waals surface area contributed by atoms with E-state index >= 15 is 0 Å². The van der Waals surface area contributed by atoms with Gasteiger partial charge in [0.25, 0.3) is 5.91 Å². The molecule has 6 nitrogen and oxygen atoms in total. The number of anilines is 2. The van der Waals surface area contributed by atoms with Crippen LogP contribution in [-0.4, -0.2) is 36.2 Å². The lowest BCUT2D eigenvalue weighted by atomic mass is 9.95. The molecule has 2 aromatic rings. The van der Waals surface area contributed by atoms with Crippen LogP contribution < -0.4 is 10.6 Å². The van der Waals surface area contributed by atoms with Crippen molar-refractivity contribution in [3.8, 4) is 0 Å². The summed E-state index contributed by atoms with van der Waals surface area (Å²) in [5, 5.41) is 5.31. The molecule has 0 saturated heterocycles. The van der Waals surface area contributed by atoms with E-state index in [0.717, 1.165) is 0 Å². The number of hydrogen-bond donors (Lipinski definition) is 2. The summed E-state index contributed by atoms with van der Waals surface area (Å²) in [4.78, 5) is 38.1. The molecule has 28 heavy (non-hydrogen) atoms. The molecule has 0 saturated carbocycles. The Morgan fingerprint density at radius 2 is 1.57 bits per heavy atom. The molecule has 2 N–H and O–H groups in total. The highest BCUT2D eigenvalue weighted by molar-refractivity contribution is 6.01. The van der Waals surface area contributed by atoms with Crippen molar-refractivity contribution < 1.29 is 18.8 Å². The number of likely N-dealkylation sites (N-methyl/N-ethyl adjacent to an activating group) is 1. The number of nitrogens with zero attached hydrogens (tertiary/aromatic N) is 1. The van der Waals surface area contributed by atoms with Crippen LogP contribution in [0.15, 0.2) is 48.5 Å². The minimum Gasteiger partial charge on any atom is -0.332 e. The maximum Gasteiger partial charge on any atom is 0.254 e. The van der Waals surface area contributed by atoms with Crippen molar-refractivity contribution in [1.29, 1.82) is 0 Å². The van der Waals surface area contributed by atoms with Crippen LogP contribution in [0.5, 0.6) is 0 Å². The molecule has 0 aliphatic carbocycles. The number of amides is 3. The van der Waals surface area contributed by atoms with Crippen molar-refractivity contribution in [2.24, 2.45) is 5.41 Å². The van der Waals surface area contributed by atoms with Crippen molar-refractivity contribution in [3.05, 3.63) is 59.9 Å². The molecule has 0 aromatic heterocycles. The number of carbonyl (C=O) groups is 3. The summed E-state index contributed by atoms with van der Waals surface area (Å²) in [7, 11) is 1.49. The van der Waals surface area contributed by atoms with Gasteiger partial charge in [-0.3, -0.25) is 14.4 Å². The average Bonchev–Trinajstić information content (AvgIpc) is 2.60. The predicted molar refractivity (Wildman–Crippen MR) is 107 cm³/mol. The number of benzene rings is 2. The first-order valence-corrected chi connectivity index (χ1v) is 8.78. The smallest absolute Gasteiger partial charge is 0.254 e. The topological polar surface area (TPSA) is 78.5 Å². The lowest BCUT2D eigenvalue weighted by Crippen LogP contribution is -2.35. The van der Waals surface area contributed by atoms with Crippen LogP contribution in [0.25, 0.3) is 0 Å². The fraction of sp³-hybridized carbons (Fsp3) is 0.286. The van der Waals surface area contributed by atoms with Crippen molar-refractivity contribution in [3.63, 3.8) is 0 Å². The highest BCUT2D eigenvalue weighted by Crippen LogP contribution is 2.19. The van der Waals surface area contributed by atoms with Gasteiger partial charge in [0, 0.05) is 29.4 Å². The molecule has 7 heteroatoms. The van der Waals surface area contributed by atoms with Crippen LogP contribution in [0, 0.1) is 11.2 Å². The number of halogens is 1. The van der Waals surface area contributed by atoms with Gasteiger partial charge in [0.05, 0.1) is 6.54 Å². The Balaban J connectivity index is 2.01. The molecule has 0 heterocycles. The summed E-state index contributed by atoms with van der Waals surface area (Å²) in [6, 6.07) is 12.0. The molecule has 3 amide bonds. The van der Waals surface area contributed by atoms with Crippen molar-refractivity contribution in [2.45, 2.75) is 20.8 Å². The normalized spacial score (nSPS) is 10.9. The average molecular weight is 385 g/mol. The van der Waals surface area contributed by atoms with Crippen molar-refractivity contribution in [2.75, 3.05) is 24.2 Å². The van der Waals surface area contributed by atoms with E-state index in [1.807, 2.05) is 0 Å². The molecular weight excluding hydrogens is 361 g/mol. The zero-order valence-electron chi connectivity index (χ0n) is 16.4. The van der Waals surface area contributed by atoms with E-state index in [1.54, 1.807) is 51.1 Å². The van der Waals surface area contributed by atoms with Gasteiger partial charge in [-0.25, -0.2) is 4.39 Å². The van der Waals surface area contributed by atoms with Gasteiger partial charge in [-0.2, -0.15) is 0 Å². The SMILES string of the molecule is CN(CC(=O)Nc1cccc(F)c1)C(=O)c1cccc(NC(=O)C(C)(C)C)c1. The van der Waals surface area contributed by atoms with E-state index in [2.05, 4.69) is 10.6 Å². The largest absolute Gasteiger partial charge is 0.332 e. The second-order valence-corrected chi connectivity index (χ2v) is 7.50. The van der Waals surface area contributed by atoms with E-state index in [-0.39, 0.29) is 18.4 Å². The van der Waals surface area contributed by atoms with Gasteiger partial charge in [0.1, 0.15) is 5.82 Å². The Labute approximate surface area is 163 Å². The third-order valence-corrected chi connectivity index (χ3v) is 3.88. The molecule has 0 atom stereocenters. The second-order valence-electron chi connectivity index (χ2n) is 7.50. The van der Waals surface area contributed by atoms with E-state index < -0.39 is 17.1 Å². The Kier molecular flexibility index (Phi) is 6.51. The summed E-state index contributed by atoms with van der Waals surface area (Å²) in [6.07, 6.45) is 0. The zero-order valence-corrected chi connectivity index (χ0v) is 16.4. The molecule has 0 aliphatic rings. The van der Waals surface area contributed by atoms with Crippen LogP contribution in [-0.2, 0) is 9.59 Å². The van der Waals surface area contributed by atoms with Gasteiger partial charge in [-0.1, -0.05) is 32.9 Å². The first-order chi connectivity index (χ1) is 13.1. The fourth-order valence-corrected chi connectivity index (χ4v) is 2.32. The van der Waals surface area contributed by atoms with Crippen LogP contribution in [0.3, 0.4) is 0 Å². The summed E-state index contributed by atoms with van der Waals surface area (Å²) >= 11 is 0. The summed E-state index contributed by atoms with van der Waals surface area (Å²) in [5.74, 6) is -1.45. The first-order valence-electron chi connectivity index (χ1n) is 8.78. The highest BCUT2D eigenvalue weighted by Gasteiger charge is 2.22. The lowest BCUT2D eigenvalue weighted by molar-refractivity contribution is -0.123. The van der Waals surface area contributed by atoms with Crippen LogP contribution in [0.1, 0.15) is 31.1 Å². The van der Waals surface area contributed by atoms with E-state index in [0.29, 0.717) is 16.9 Å². The molecule has 148 valence electrons. The Morgan fingerprint density at radius 1 is 0.964 bits per heavy atom. The Hall–Kier alpha value is -3.22. The van der Waals surface area contributed by atoms with E-state index in [4.69, 9.17) is 0 Å². The molecule has 0 spiro atoms. The zero-order chi connectivity index (χ0) is 20.9. The molecule has 0 aliphatic heterocycles. The van der Waals surface area contributed by atoms with Crippen LogP contribution >= 0.6 is 0 Å². The molecular formula is C21H24FN3O3. The lowest BCUT2D eigenvalue weighted by Gasteiger charge is -2.19. The molecule has 2 aromatic carbocycles. The monoisotopic (exact) mass is 385 g/mol. The van der Waals surface area contributed by atoms with Gasteiger partial charge in [-0.15, -0.1) is 0 Å². The van der Waals surface area contributed by atoms with Gasteiger partial charge in [0.15, 0.2) is 0 Å². The quantitative estimate of drug-likeness (QED) is 0.827. The van der Waals surface area contributed by atoms with Gasteiger partial charge in [0.2, 0.25) is 11.8 Å². The van der Waals surface area contributed by atoms with Gasteiger partial charge in [-0.05, 0) is 36.4 Å². The molecule has 0 unspecified atom stereocenters. The number of rotatable bonds is 5. The number of nitrogens with one attached hydrogen (secondary N) is 2.